The first kappa shape index (κ1) is 19.0. The molecular formula is C15H19F3N2O3. The zero-order valence-corrected chi connectivity index (χ0v) is 12.9. The van der Waals surface area contributed by atoms with Gasteiger partial charge in [0.25, 0.3) is 5.66 Å². The lowest BCUT2D eigenvalue weighted by Crippen LogP contribution is -2.72. The standard InChI is InChI=1S/C15H19F3N2O3/c1-3-12(21)20-14(15(16,17)18,13(22)23-4-2)19-10-11-8-6-5-7-9-11/h5-9,19H,3-4,10H2,1-2H3,(H,20,21)/t14-/m1/s1. The van der Waals surface area contributed by atoms with Crippen LogP contribution >= 0.6 is 0 Å². The minimum absolute atomic E-state index is 0.204. The fraction of sp³-hybridized carbons (Fsp3) is 0.467. The first-order valence-electron chi connectivity index (χ1n) is 7.10. The van der Waals surface area contributed by atoms with Gasteiger partial charge < -0.3 is 10.1 Å². The second kappa shape index (κ2) is 7.96. The van der Waals surface area contributed by atoms with E-state index >= 15 is 0 Å². The zero-order chi connectivity index (χ0) is 17.5. The topological polar surface area (TPSA) is 67.4 Å². The van der Waals surface area contributed by atoms with Crippen LogP contribution in [0.4, 0.5) is 13.2 Å². The molecule has 0 saturated heterocycles. The van der Waals surface area contributed by atoms with E-state index in [1.165, 1.54) is 13.8 Å². The van der Waals surface area contributed by atoms with E-state index in [0.29, 0.717) is 5.56 Å². The molecule has 0 bridgehead atoms. The average Bonchev–Trinajstić information content (AvgIpc) is 2.51. The average molecular weight is 332 g/mol. The van der Waals surface area contributed by atoms with Crippen LogP contribution in [0, 0.1) is 0 Å². The minimum atomic E-state index is -5.07. The molecule has 0 radical (unpaired) electrons. The first-order chi connectivity index (χ1) is 10.8. The highest BCUT2D eigenvalue weighted by molar-refractivity contribution is 5.88. The highest BCUT2D eigenvalue weighted by atomic mass is 19.4. The normalized spacial score (nSPS) is 14.0. The number of hydrogen-bond donors (Lipinski definition) is 2. The molecule has 0 aliphatic heterocycles. The minimum Gasteiger partial charge on any atom is -0.463 e. The van der Waals surface area contributed by atoms with Crippen molar-refractivity contribution in [2.75, 3.05) is 6.61 Å². The van der Waals surface area contributed by atoms with E-state index in [2.05, 4.69) is 10.1 Å². The van der Waals surface area contributed by atoms with Gasteiger partial charge in [-0.2, -0.15) is 13.2 Å². The van der Waals surface area contributed by atoms with Crippen LogP contribution < -0.4 is 10.6 Å². The van der Waals surface area contributed by atoms with Crippen LogP contribution in [0.2, 0.25) is 0 Å². The van der Waals surface area contributed by atoms with Crippen molar-refractivity contribution in [1.29, 1.82) is 0 Å². The number of amides is 1. The lowest BCUT2D eigenvalue weighted by molar-refractivity contribution is -0.222. The SMILES string of the molecule is CCOC(=O)[C@@](NCc1ccccc1)(NC(=O)CC)C(F)(F)F. The van der Waals surface area contributed by atoms with Gasteiger partial charge >= 0.3 is 12.1 Å². The van der Waals surface area contributed by atoms with Gasteiger partial charge in [-0.15, -0.1) is 0 Å². The third kappa shape index (κ3) is 4.69. The molecule has 2 N–H and O–H groups in total. The largest absolute Gasteiger partial charge is 0.463 e. The number of ether oxygens (including phenoxy) is 1. The van der Waals surface area contributed by atoms with E-state index in [-0.39, 0.29) is 19.6 Å². The predicted octanol–water partition coefficient (Wildman–Crippen LogP) is 2.12. The summed E-state index contributed by atoms with van der Waals surface area (Å²) in [6.45, 7) is 2.26. The molecule has 1 aromatic rings. The van der Waals surface area contributed by atoms with Crippen LogP contribution in [0.15, 0.2) is 30.3 Å². The summed E-state index contributed by atoms with van der Waals surface area (Å²) in [5.41, 5.74) is -2.76. The van der Waals surface area contributed by atoms with Gasteiger partial charge in [0.05, 0.1) is 6.61 Å². The van der Waals surface area contributed by atoms with Crippen LogP contribution in [0.5, 0.6) is 0 Å². The monoisotopic (exact) mass is 332 g/mol. The van der Waals surface area contributed by atoms with E-state index in [1.807, 2.05) is 0 Å². The second-order valence-electron chi connectivity index (χ2n) is 4.71. The molecule has 0 aliphatic carbocycles. The Morgan fingerprint density at radius 1 is 1.13 bits per heavy atom. The van der Waals surface area contributed by atoms with Crippen molar-refractivity contribution in [2.45, 2.75) is 38.7 Å². The Hall–Kier alpha value is -2.09. The maximum absolute atomic E-state index is 13.6. The van der Waals surface area contributed by atoms with Gasteiger partial charge in [0.2, 0.25) is 5.91 Å². The third-order valence-corrected chi connectivity index (χ3v) is 3.06. The molecule has 1 rings (SSSR count). The summed E-state index contributed by atoms with van der Waals surface area (Å²) < 4.78 is 45.2. The van der Waals surface area contributed by atoms with Crippen molar-refractivity contribution in [3.63, 3.8) is 0 Å². The fourth-order valence-electron chi connectivity index (χ4n) is 1.82. The summed E-state index contributed by atoms with van der Waals surface area (Å²) in [6, 6.07) is 8.22. The van der Waals surface area contributed by atoms with Gasteiger partial charge in [-0.1, -0.05) is 37.3 Å². The molecule has 5 nitrogen and oxygen atoms in total. The molecule has 1 amide bonds. The lowest BCUT2D eigenvalue weighted by atomic mass is 10.1. The summed E-state index contributed by atoms with van der Waals surface area (Å²) in [5, 5.41) is 3.83. The van der Waals surface area contributed by atoms with Crippen LogP contribution in [-0.2, 0) is 20.9 Å². The molecular weight excluding hydrogens is 313 g/mol. The van der Waals surface area contributed by atoms with Gasteiger partial charge in [-0.05, 0) is 12.5 Å². The second-order valence-corrected chi connectivity index (χ2v) is 4.71. The molecule has 1 aromatic carbocycles. The Balaban J connectivity index is 3.14. The zero-order valence-electron chi connectivity index (χ0n) is 12.9. The Labute approximate surface area is 132 Å². The fourth-order valence-corrected chi connectivity index (χ4v) is 1.82. The number of carbonyl (C=O) groups is 2. The van der Waals surface area contributed by atoms with Gasteiger partial charge in [-0.3, -0.25) is 10.1 Å². The van der Waals surface area contributed by atoms with E-state index in [4.69, 9.17) is 0 Å². The number of esters is 1. The predicted molar refractivity (Wildman–Crippen MR) is 77.1 cm³/mol. The van der Waals surface area contributed by atoms with Crippen molar-refractivity contribution in [2.24, 2.45) is 0 Å². The number of hydrogen-bond acceptors (Lipinski definition) is 4. The molecule has 0 spiro atoms. The van der Waals surface area contributed by atoms with Crippen molar-refractivity contribution in [3.05, 3.63) is 35.9 Å². The number of alkyl halides is 3. The number of carbonyl (C=O) groups excluding carboxylic acids is 2. The van der Waals surface area contributed by atoms with Crippen LogP contribution in [0.3, 0.4) is 0 Å². The molecule has 0 unspecified atom stereocenters. The number of rotatable bonds is 7. The Morgan fingerprint density at radius 3 is 2.22 bits per heavy atom. The van der Waals surface area contributed by atoms with Crippen molar-refractivity contribution in [1.82, 2.24) is 10.6 Å². The maximum atomic E-state index is 13.6. The molecule has 0 fully saturated rings. The third-order valence-electron chi connectivity index (χ3n) is 3.06. The molecule has 128 valence electrons. The van der Waals surface area contributed by atoms with Crippen molar-refractivity contribution >= 4 is 11.9 Å². The number of benzene rings is 1. The lowest BCUT2D eigenvalue weighted by Gasteiger charge is -2.34. The summed E-state index contributed by atoms with van der Waals surface area (Å²) in [6.07, 6.45) is -5.27. The molecule has 0 heterocycles. The van der Waals surface area contributed by atoms with Crippen LogP contribution in [0.25, 0.3) is 0 Å². The van der Waals surface area contributed by atoms with Crippen LogP contribution in [0.1, 0.15) is 25.8 Å². The van der Waals surface area contributed by atoms with E-state index in [0.717, 1.165) is 0 Å². The summed E-state index contributed by atoms with van der Waals surface area (Å²) in [4.78, 5) is 23.5. The summed E-state index contributed by atoms with van der Waals surface area (Å²) in [5.74, 6) is -2.51. The van der Waals surface area contributed by atoms with Crippen molar-refractivity contribution in [3.8, 4) is 0 Å². The molecule has 0 aromatic heterocycles. The van der Waals surface area contributed by atoms with Gasteiger partial charge in [0.15, 0.2) is 0 Å². The Kier molecular flexibility index (Phi) is 6.56. The summed E-state index contributed by atoms with van der Waals surface area (Å²) in [7, 11) is 0. The van der Waals surface area contributed by atoms with Gasteiger partial charge in [0, 0.05) is 13.0 Å². The Bertz CT molecular complexity index is 535. The molecule has 0 saturated carbocycles. The highest BCUT2D eigenvalue weighted by Gasteiger charge is 2.62. The van der Waals surface area contributed by atoms with E-state index in [9.17, 15) is 22.8 Å². The van der Waals surface area contributed by atoms with Gasteiger partial charge in [-0.25, -0.2) is 4.79 Å². The maximum Gasteiger partial charge on any atom is 0.436 e. The van der Waals surface area contributed by atoms with Gasteiger partial charge in [0.1, 0.15) is 0 Å². The molecule has 0 aliphatic rings. The quantitative estimate of drug-likeness (QED) is 0.593. The van der Waals surface area contributed by atoms with Crippen molar-refractivity contribution < 1.29 is 27.5 Å². The van der Waals surface area contributed by atoms with E-state index < -0.39 is 23.7 Å². The summed E-state index contributed by atoms with van der Waals surface area (Å²) >= 11 is 0. The van der Waals surface area contributed by atoms with Crippen LogP contribution in [-0.4, -0.2) is 30.3 Å². The first-order valence-corrected chi connectivity index (χ1v) is 7.10. The smallest absolute Gasteiger partial charge is 0.436 e. The molecule has 23 heavy (non-hydrogen) atoms. The number of halogens is 3. The highest BCUT2D eigenvalue weighted by Crippen LogP contribution is 2.30. The molecule has 8 heteroatoms. The molecule has 1 atom stereocenters. The number of nitrogens with one attached hydrogen (secondary N) is 2. The Morgan fingerprint density at radius 2 is 1.74 bits per heavy atom. The van der Waals surface area contributed by atoms with E-state index in [1.54, 1.807) is 35.6 Å².